The Morgan fingerprint density at radius 3 is 2.60 bits per heavy atom. The number of nitrogens with one attached hydrogen (secondary N) is 1. The number of ether oxygens (including phenoxy) is 2. The number of anilines is 1. The van der Waals surface area contributed by atoms with Gasteiger partial charge in [0.05, 0.1) is 6.10 Å². The number of nitrogens with zero attached hydrogens (tertiary/aromatic N) is 2. The first-order chi connectivity index (χ1) is 9.55. The van der Waals surface area contributed by atoms with E-state index in [4.69, 9.17) is 9.47 Å². The molecule has 114 valence electrons. The van der Waals surface area contributed by atoms with Gasteiger partial charge in [0, 0.05) is 19.7 Å². The third-order valence-corrected chi connectivity index (χ3v) is 2.70. The van der Waals surface area contributed by atoms with E-state index in [0.717, 1.165) is 25.2 Å². The first-order valence-electron chi connectivity index (χ1n) is 7.32. The summed E-state index contributed by atoms with van der Waals surface area (Å²) in [6.07, 6.45) is 2.18. The molecule has 0 saturated carbocycles. The highest BCUT2D eigenvalue weighted by Gasteiger charge is 2.10. The monoisotopic (exact) mass is 281 g/mol. The summed E-state index contributed by atoms with van der Waals surface area (Å²) in [5.74, 6) is 2.64. The Balaban J connectivity index is 2.79. The average Bonchev–Trinajstić information content (AvgIpc) is 2.35. The summed E-state index contributed by atoms with van der Waals surface area (Å²) in [6, 6.07) is 1.85. The lowest BCUT2D eigenvalue weighted by atomic mass is 10.1. The molecule has 1 heterocycles. The van der Waals surface area contributed by atoms with E-state index in [-0.39, 0.29) is 6.10 Å². The van der Waals surface area contributed by atoms with Crippen LogP contribution >= 0.6 is 0 Å². The lowest BCUT2D eigenvalue weighted by molar-refractivity contribution is 0.168. The highest BCUT2D eigenvalue weighted by Crippen LogP contribution is 2.18. The zero-order valence-electron chi connectivity index (χ0n) is 13.3. The van der Waals surface area contributed by atoms with Crippen molar-refractivity contribution in [1.29, 1.82) is 0 Å². The Kier molecular flexibility index (Phi) is 7.30. The summed E-state index contributed by atoms with van der Waals surface area (Å²) < 4.78 is 11.0. The third kappa shape index (κ3) is 6.19. The van der Waals surface area contributed by atoms with Gasteiger partial charge in [0.1, 0.15) is 12.4 Å². The first kappa shape index (κ1) is 16.7. The number of hydrogen-bond acceptors (Lipinski definition) is 5. The predicted molar refractivity (Wildman–Crippen MR) is 81.1 cm³/mol. The predicted octanol–water partition coefficient (Wildman–Crippen LogP) is 3.26. The molecule has 0 aliphatic carbocycles. The van der Waals surface area contributed by atoms with Crippen LogP contribution < -0.4 is 10.1 Å². The summed E-state index contributed by atoms with van der Waals surface area (Å²) in [5.41, 5.74) is 0. The van der Waals surface area contributed by atoms with E-state index in [1.165, 1.54) is 0 Å². The summed E-state index contributed by atoms with van der Waals surface area (Å²) in [5, 5.41) is 3.26. The van der Waals surface area contributed by atoms with Crippen LogP contribution in [0.4, 0.5) is 5.82 Å². The Hall–Kier alpha value is -1.36. The minimum atomic E-state index is 0.138. The second-order valence-corrected chi connectivity index (χ2v) is 5.43. The lowest BCUT2D eigenvalue weighted by Gasteiger charge is -2.17. The highest BCUT2D eigenvalue weighted by molar-refractivity contribution is 5.38. The van der Waals surface area contributed by atoms with E-state index < -0.39 is 0 Å². The van der Waals surface area contributed by atoms with Gasteiger partial charge in [-0.05, 0) is 25.7 Å². The van der Waals surface area contributed by atoms with Crippen LogP contribution in [0, 0.1) is 5.92 Å². The highest BCUT2D eigenvalue weighted by atomic mass is 16.5. The van der Waals surface area contributed by atoms with Crippen LogP contribution in [-0.2, 0) is 11.3 Å². The zero-order valence-corrected chi connectivity index (χ0v) is 13.3. The fourth-order valence-corrected chi connectivity index (χ4v) is 1.99. The van der Waals surface area contributed by atoms with Crippen LogP contribution in [0.3, 0.4) is 0 Å². The fourth-order valence-electron chi connectivity index (χ4n) is 1.99. The van der Waals surface area contributed by atoms with Gasteiger partial charge in [-0.1, -0.05) is 20.8 Å². The van der Waals surface area contributed by atoms with E-state index in [1.807, 2.05) is 6.07 Å². The van der Waals surface area contributed by atoms with Gasteiger partial charge in [-0.3, -0.25) is 0 Å². The van der Waals surface area contributed by atoms with E-state index in [0.29, 0.717) is 24.2 Å². The van der Waals surface area contributed by atoms with Crippen LogP contribution in [0.5, 0.6) is 5.88 Å². The molecule has 0 aliphatic rings. The van der Waals surface area contributed by atoms with Crippen molar-refractivity contribution >= 4 is 5.82 Å². The first-order valence-corrected chi connectivity index (χ1v) is 7.32. The number of hydrogen-bond donors (Lipinski definition) is 1. The zero-order chi connectivity index (χ0) is 15.0. The maximum Gasteiger partial charge on any atom is 0.219 e. The standard InChI is InChI=1S/C15H27N3O2/c1-6-7-16-13-9-15(18-14(17-13)10-19-5)20-12(4)8-11(2)3/h9,11-12H,6-8,10H2,1-5H3,(H,16,17,18). The van der Waals surface area contributed by atoms with Gasteiger partial charge in [-0.25, -0.2) is 4.98 Å². The van der Waals surface area contributed by atoms with Crippen molar-refractivity contribution in [2.24, 2.45) is 5.92 Å². The van der Waals surface area contributed by atoms with Gasteiger partial charge >= 0.3 is 0 Å². The fraction of sp³-hybridized carbons (Fsp3) is 0.733. The number of methoxy groups -OCH3 is 1. The molecule has 0 amide bonds. The summed E-state index contributed by atoms with van der Waals surface area (Å²) in [7, 11) is 1.64. The molecule has 1 aromatic rings. The molecule has 5 heteroatoms. The van der Waals surface area contributed by atoms with E-state index in [9.17, 15) is 0 Å². The molecule has 0 aliphatic heterocycles. The SMILES string of the molecule is CCCNc1cc(OC(C)CC(C)C)nc(COC)n1. The smallest absolute Gasteiger partial charge is 0.219 e. The van der Waals surface area contributed by atoms with Gasteiger partial charge in [0.15, 0.2) is 5.82 Å². The maximum absolute atomic E-state index is 5.89. The number of aromatic nitrogens is 2. The largest absolute Gasteiger partial charge is 0.474 e. The molecule has 0 spiro atoms. The third-order valence-electron chi connectivity index (χ3n) is 2.70. The Morgan fingerprint density at radius 1 is 1.25 bits per heavy atom. The van der Waals surface area contributed by atoms with Gasteiger partial charge in [0.25, 0.3) is 0 Å². The summed E-state index contributed by atoms with van der Waals surface area (Å²) in [4.78, 5) is 8.78. The normalized spacial score (nSPS) is 12.5. The van der Waals surface area contributed by atoms with Crippen molar-refractivity contribution in [2.45, 2.75) is 53.2 Å². The molecule has 0 aromatic carbocycles. The molecule has 1 aromatic heterocycles. The molecule has 0 saturated heterocycles. The Labute approximate surface area is 122 Å². The van der Waals surface area contributed by atoms with Crippen LogP contribution in [0.2, 0.25) is 0 Å². The molecule has 0 bridgehead atoms. The van der Waals surface area contributed by atoms with Gasteiger partial charge in [-0.15, -0.1) is 0 Å². The molecule has 20 heavy (non-hydrogen) atoms. The van der Waals surface area contributed by atoms with Gasteiger partial charge in [0.2, 0.25) is 5.88 Å². The van der Waals surface area contributed by atoms with Crippen molar-refractivity contribution in [2.75, 3.05) is 19.0 Å². The van der Waals surface area contributed by atoms with Crippen LogP contribution in [0.15, 0.2) is 6.07 Å². The molecular formula is C15H27N3O2. The minimum Gasteiger partial charge on any atom is -0.474 e. The van der Waals surface area contributed by atoms with Crippen molar-refractivity contribution < 1.29 is 9.47 Å². The molecule has 1 unspecified atom stereocenters. The molecule has 5 nitrogen and oxygen atoms in total. The van der Waals surface area contributed by atoms with E-state index >= 15 is 0 Å². The topological polar surface area (TPSA) is 56.3 Å². The van der Waals surface area contributed by atoms with Crippen molar-refractivity contribution in [3.63, 3.8) is 0 Å². The quantitative estimate of drug-likeness (QED) is 0.753. The molecule has 1 atom stereocenters. The number of rotatable bonds is 9. The average molecular weight is 281 g/mol. The van der Waals surface area contributed by atoms with Gasteiger partial charge in [-0.2, -0.15) is 4.98 Å². The van der Waals surface area contributed by atoms with E-state index in [1.54, 1.807) is 7.11 Å². The Morgan fingerprint density at radius 2 is 2.00 bits per heavy atom. The van der Waals surface area contributed by atoms with Crippen LogP contribution in [0.25, 0.3) is 0 Å². The van der Waals surface area contributed by atoms with Crippen molar-refractivity contribution in [1.82, 2.24) is 9.97 Å². The minimum absolute atomic E-state index is 0.138. The summed E-state index contributed by atoms with van der Waals surface area (Å²) >= 11 is 0. The molecule has 0 fully saturated rings. The molecule has 0 radical (unpaired) electrons. The van der Waals surface area contributed by atoms with Crippen LogP contribution in [0.1, 0.15) is 46.4 Å². The van der Waals surface area contributed by atoms with E-state index in [2.05, 4.69) is 43.0 Å². The Bertz CT molecular complexity index is 397. The second kappa shape index (κ2) is 8.74. The lowest BCUT2D eigenvalue weighted by Crippen LogP contribution is -2.16. The van der Waals surface area contributed by atoms with Crippen LogP contribution in [-0.4, -0.2) is 29.7 Å². The molecular weight excluding hydrogens is 254 g/mol. The second-order valence-electron chi connectivity index (χ2n) is 5.43. The molecule has 1 rings (SSSR count). The maximum atomic E-state index is 5.89. The van der Waals surface area contributed by atoms with Gasteiger partial charge < -0.3 is 14.8 Å². The van der Waals surface area contributed by atoms with Crippen molar-refractivity contribution in [3.05, 3.63) is 11.9 Å². The van der Waals surface area contributed by atoms with Crippen molar-refractivity contribution in [3.8, 4) is 5.88 Å². The molecule has 1 N–H and O–H groups in total. The summed E-state index contributed by atoms with van der Waals surface area (Å²) in [6.45, 7) is 9.82.